The van der Waals surface area contributed by atoms with E-state index in [2.05, 4.69) is 12.6 Å². The first-order valence-corrected chi connectivity index (χ1v) is 4.01. The molecule has 0 aliphatic carbocycles. The van der Waals surface area contributed by atoms with Crippen LogP contribution < -0.4 is 5.32 Å². The van der Waals surface area contributed by atoms with Crippen molar-refractivity contribution in [2.24, 2.45) is 0 Å². The molecule has 0 rings (SSSR count). The number of hydrogen-bond donors (Lipinski definition) is 3. The van der Waals surface area contributed by atoms with E-state index in [1.165, 1.54) is 0 Å². The van der Waals surface area contributed by atoms with Crippen molar-refractivity contribution < 1.29 is 18.7 Å². The van der Waals surface area contributed by atoms with Crippen molar-refractivity contribution in [3.8, 4) is 0 Å². The van der Waals surface area contributed by atoms with Gasteiger partial charge in [0.2, 0.25) is 5.91 Å². The van der Waals surface area contributed by atoms with Crippen molar-refractivity contribution in [2.75, 3.05) is 18.9 Å². The van der Waals surface area contributed by atoms with Gasteiger partial charge in [0.15, 0.2) is 0 Å². The van der Waals surface area contributed by atoms with E-state index < -0.39 is 25.0 Å². The molecule has 3 nitrogen and oxygen atoms in total. The van der Waals surface area contributed by atoms with E-state index in [1.54, 1.807) is 0 Å². The monoisotopic (exact) mass is 199 g/mol. The van der Waals surface area contributed by atoms with E-state index in [0.717, 1.165) is 0 Å². The first kappa shape index (κ1) is 11.6. The molecule has 2 N–H and O–H groups in total. The van der Waals surface area contributed by atoms with Crippen LogP contribution in [0.15, 0.2) is 0 Å². The predicted molar refractivity (Wildman–Crippen MR) is 43.5 cm³/mol. The molecule has 0 bridgehead atoms. The van der Waals surface area contributed by atoms with E-state index in [1.807, 2.05) is 5.32 Å². The second kappa shape index (κ2) is 5.31. The van der Waals surface area contributed by atoms with Crippen molar-refractivity contribution in [1.82, 2.24) is 5.32 Å². The van der Waals surface area contributed by atoms with E-state index in [9.17, 15) is 13.6 Å². The van der Waals surface area contributed by atoms with Gasteiger partial charge in [-0.05, 0) is 5.75 Å². The molecule has 0 saturated carbocycles. The van der Waals surface area contributed by atoms with Gasteiger partial charge in [0, 0.05) is 6.42 Å². The molecular weight excluding hydrogens is 188 g/mol. The van der Waals surface area contributed by atoms with Crippen LogP contribution in [0.1, 0.15) is 6.42 Å². The van der Waals surface area contributed by atoms with Gasteiger partial charge >= 0.3 is 0 Å². The summed E-state index contributed by atoms with van der Waals surface area (Å²) in [6.07, 6.45) is 0.102. The van der Waals surface area contributed by atoms with Crippen LogP contribution in [0.3, 0.4) is 0 Å². The lowest BCUT2D eigenvalue weighted by atomic mass is 10.3. The molecule has 0 atom stereocenters. The van der Waals surface area contributed by atoms with Crippen molar-refractivity contribution in [1.29, 1.82) is 0 Å². The number of halogens is 2. The molecule has 1 amide bonds. The normalized spacial score (nSPS) is 11.3. The van der Waals surface area contributed by atoms with Gasteiger partial charge in [-0.25, -0.2) is 8.78 Å². The predicted octanol–water partition coefficient (Wildman–Crippen LogP) is 0.0501. The van der Waals surface area contributed by atoms with Crippen LogP contribution in [0.4, 0.5) is 8.78 Å². The summed E-state index contributed by atoms with van der Waals surface area (Å²) in [4.78, 5) is 10.6. The summed E-state index contributed by atoms with van der Waals surface area (Å²) < 4.78 is 24.5. The lowest BCUT2D eigenvalue weighted by Gasteiger charge is -2.13. The van der Waals surface area contributed by atoms with Crippen LogP contribution >= 0.6 is 12.6 Å². The molecule has 0 fully saturated rings. The van der Waals surface area contributed by atoms with Gasteiger partial charge < -0.3 is 10.4 Å². The third kappa shape index (κ3) is 5.31. The number of alkyl halides is 2. The summed E-state index contributed by atoms with van der Waals surface area (Å²) in [7, 11) is 0. The second-order valence-electron chi connectivity index (χ2n) is 2.26. The minimum atomic E-state index is -3.23. The second-order valence-corrected chi connectivity index (χ2v) is 2.71. The smallest absolute Gasteiger partial charge is 0.287 e. The zero-order valence-corrected chi connectivity index (χ0v) is 7.28. The van der Waals surface area contributed by atoms with Crippen molar-refractivity contribution in [3.63, 3.8) is 0 Å². The number of aliphatic hydroxyl groups is 1. The van der Waals surface area contributed by atoms with Gasteiger partial charge in [0.1, 0.15) is 6.61 Å². The molecule has 6 heteroatoms. The molecule has 0 saturated heterocycles. The van der Waals surface area contributed by atoms with Gasteiger partial charge in [-0.15, -0.1) is 0 Å². The molecule has 0 aliphatic heterocycles. The first-order chi connectivity index (χ1) is 5.52. The van der Waals surface area contributed by atoms with Crippen LogP contribution in [-0.4, -0.2) is 35.8 Å². The number of hydrogen-bond acceptors (Lipinski definition) is 3. The highest BCUT2D eigenvalue weighted by Crippen LogP contribution is 2.09. The largest absolute Gasteiger partial charge is 0.390 e. The molecule has 72 valence electrons. The average Bonchev–Trinajstić information content (AvgIpc) is 2.02. The summed E-state index contributed by atoms with van der Waals surface area (Å²) in [6, 6.07) is 0. The van der Waals surface area contributed by atoms with Gasteiger partial charge in [-0.2, -0.15) is 12.6 Å². The lowest BCUT2D eigenvalue weighted by Crippen LogP contribution is -2.39. The van der Waals surface area contributed by atoms with Crippen LogP contribution in [0.25, 0.3) is 0 Å². The summed E-state index contributed by atoms with van der Waals surface area (Å²) >= 11 is 3.75. The fourth-order valence-electron chi connectivity index (χ4n) is 0.474. The Morgan fingerprint density at radius 1 is 1.58 bits per heavy atom. The van der Waals surface area contributed by atoms with Crippen LogP contribution in [0.5, 0.6) is 0 Å². The maximum Gasteiger partial charge on any atom is 0.287 e. The molecule has 0 radical (unpaired) electrons. The maximum atomic E-state index is 12.3. The molecule has 0 unspecified atom stereocenters. The summed E-state index contributed by atoms with van der Waals surface area (Å²) in [5.74, 6) is -3.40. The van der Waals surface area contributed by atoms with Gasteiger partial charge in [-0.3, -0.25) is 4.79 Å². The molecule has 0 heterocycles. The molecular formula is C6H11F2NO2S. The number of nitrogens with one attached hydrogen (secondary N) is 1. The maximum absolute atomic E-state index is 12.3. The standard InChI is InChI=1S/C6H11F2NO2S/c7-6(8,4-10)3-9-5(11)1-2-12/h10,12H,1-4H2,(H,9,11). The summed E-state index contributed by atoms with van der Waals surface area (Å²) in [6.45, 7) is -2.08. The molecule has 12 heavy (non-hydrogen) atoms. The highest BCUT2D eigenvalue weighted by molar-refractivity contribution is 7.80. The van der Waals surface area contributed by atoms with Crippen molar-refractivity contribution >= 4 is 18.5 Å². The van der Waals surface area contributed by atoms with Gasteiger partial charge in [0.25, 0.3) is 5.92 Å². The van der Waals surface area contributed by atoms with E-state index >= 15 is 0 Å². The van der Waals surface area contributed by atoms with E-state index in [-0.39, 0.29) is 6.42 Å². The number of amides is 1. The Bertz CT molecular complexity index is 154. The third-order valence-corrected chi connectivity index (χ3v) is 1.34. The average molecular weight is 199 g/mol. The lowest BCUT2D eigenvalue weighted by molar-refractivity contribution is -0.123. The minimum absolute atomic E-state index is 0.102. The number of rotatable bonds is 5. The fraction of sp³-hybridized carbons (Fsp3) is 0.833. The summed E-state index contributed by atoms with van der Waals surface area (Å²) in [5.41, 5.74) is 0. The Kier molecular flexibility index (Phi) is 5.16. The molecule has 0 spiro atoms. The third-order valence-electron chi connectivity index (χ3n) is 1.11. The zero-order valence-electron chi connectivity index (χ0n) is 6.39. The first-order valence-electron chi connectivity index (χ1n) is 3.38. The Morgan fingerprint density at radius 2 is 2.17 bits per heavy atom. The molecule has 0 aromatic rings. The van der Waals surface area contributed by atoms with Gasteiger partial charge in [-0.1, -0.05) is 0 Å². The van der Waals surface area contributed by atoms with Crippen molar-refractivity contribution in [2.45, 2.75) is 12.3 Å². The number of carbonyl (C=O) groups is 1. The Balaban J connectivity index is 3.60. The Morgan fingerprint density at radius 3 is 2.58 bits per heavy atom. The fourth-order valence-corrected chi connectivity index (χ4v) is 0.677. The van der Waals surface area contributed by atoms with Crippen molar-refractivity contribution in [3.05, 3.63) is 0 Å². The Hall–Kier alpha value is -0.360. The highest BCUT2D eigenvalue weighted by Gasteiger charge is 2.27. The zero-order chi connectivity index (χ0) is 9.61. The molecule has 0 aromatic carbocycles. The Labute approximate surface area is 74.6 Å². The number of thiol groups is 1. The summed E-state index contributed by atoms with van der Waals surface area (Å²) in [5, 5.41) is 10.1. The minimum Gasteiger partial charge on any atom is -0.390 e. The van der Waals surface area contributed by atoms with Gasteiger partial charge in [0.05, 0.1) is 6.54 Å². The van der Waals surface area contributed by atoms with E-state index in [0.29, 0.717) is 5.75 Å². The molecule has 0 aliphatic rings. The number of carbonyl (C=O) groups excluding carboxylic acids is 1. The van der Waals surface area contributed by atoms with Crippen LogP contribution in [0, 0.1) is 0 Å². The van der Waals surface area contributed by atoms with E-state index in [4.69, 9.17) is 5.11 Å². The van der Waals surface area contributed by atoms with Crippen LogP contribution in [0.2, 0.25) is 0 Å². The SMILES string of the molecule is O=C(CCS)NCC(F)(F)CO. The highest BCUT2D eigenvalue weighted by atomic mass is 32.1. The molecule has 0 aromatic heterocycles. The quantitative estimate of drug-likeness (QED) is 0.548. The number of aliphatic hydroxyl groups excluding tert-OH is 1. The topological polar surface area (TPSA) is 49.3 Å². The van der Waals surface area contributed by atoms with Crippen LogP contribution in [-0.2, 0) is 4.79 Å².